The van der Waals surface area contributed by atoms with Crippen molar-refractivity contribution in [1.82, 2.24) is 19.8 Å². The summed E-state index contributed by atoms with van der Waals surface area (Å²) >= 11 is 0. The number of carbonyl (C=O) groups is 1. The fraction of sp³-hybridized carbons (Fsp3) is 0.941. The second kappa shape index (κ2) is 8.79. The Morgan fingerprint density at radius 3 is 2.48 bits per heavy atom. The van der Waals surface area contributed by atoms with E-state index in [0.717, 1.165) is 64.8 Å². The molecule has 3 aliphatic rings. The van der Waals surface area contributed by atoms with Crippen LogP contribution in [0.15, 0.2) is 0 Å². The highest BCUT2D eigenvalue weighted by atomic mass is 32.2. The van der Waals surface area contributed by atoms with Gasteiger partial charge in [0.15, 0.2) is 0 Å². The molecule has 8 heteroatoms. The van der Waals surface area contributed by atoms with E-state index in [9.17, 15) is 13.2 Å². The molecule has 2 saturated heterocycles. The van der Waals surface area contributed by atoms with Crippen LogP contribution in [0.3, 0.4) is 0 Å². The van der Waals surface area contributed by atoms with Gasteiger partial charge in [-0.05, 0) is 25.7 Å². The van der Waals surface area contributed by atoms with Crippen LogP contribution in [0.1, 0.15) is 38.5 Å². The molecule has 0 spiro atoms. The molecule has 1 amide bonds. The van der Waals surface area contributed by atoms with Gasteiger partial charge in [0.2, 0.25) is 15.9 Å². The average molecular weight is 373 g/mol. The van der Waals surface area contributed by atoms with Gasteiger partial charge in [-0.1, -0.05) is 12.8 Å². The van der Waals surface area contributed by atoms with Crippen molar-refractivity contribution in [2.45, 2.75) is 43.8 Å². The Hall–Kier alpha value is -0.700. The zero-order chi connectivity index (χ0) is 17.7. The van der Waals surface area contributed by atoms with Crippen LogP contribution in [0.25, 0.3) is 0 Å². The topological polar surface area (TPSA) is 81.8 Å². The lowest BCUT2D eigenvalue weighted by Gasteiger charge is -2.34. The second-order valence-corrected chi connectivity index (χ2v) is 9.61. The van der Waals surface area contributed by atoms with E-state index in [1.807, 2.05) is 0 Å². The Kier molecular flexibility index (Phi) is 6.71. The van der Waals surface area contributed by atoms with Gasteiger partial charge >= 0.3 is 0 Å². The van der Waals surface area contributed by atoms with Crippen LogP contribution in [0, 0.1) is 5.92 Å². The quantitative estimate of drug-likeness (QED) is 0.686. The fourth-order valence-electron chi connectivity index (χ4n) is 4.22. The summed E-state index contributed by atoms with van der Waals surface area (Å²) in [5.74, 6) is 0.306. The number of nitrogens with zero attached hydrogens (tertiary/aromatic N) is 2. The summed E-state index contributed by atoms with van der Waals surface area (Å²) in [4.78, 5) is 16.7. The summed E-state index contributed by atoms with van der Waals surface area (Å²) < 4.78 is 28.1. The lowest BCUT2D eigenvalue weighted by Crippen LogP contribution is -2.51. The average Bonchev–Trinajstić information content (AvgIpc) is 3.17. The molecule has 2 N–H and O–H groups in total. The Morgan fingerprint density at radius 1 is 1.04 bits per heavy atom. The summed E-state index contributed by atoms with van der Waals surface area (Å²) in [6.07, 6.45) is 5.61. The number of piperazine rings is 1. The number of hydrogen-bond acceptors (Lipinski definition) is 5. The van der Waals surface area contributed by atoms with Crippen molar-refractivity contribution in [1.29, 1.82) is 0 Å². The van der Waals surface area contributed by atoms with Crippen molar-refractivity contribution < 1.29 is 13.2 Å². The maximum Gasteiger partial charge on any atom is 0.225 e. The van der Waals surface area contributed by atoms with Crippen molar-refractivity contribution in [3.63, 3.8) is 0 Å². The molecular weight excluding hydrogens is 340 g/mol. The molecule has 0 aromatic rings. The zero-order valence-corrected chi connectivity index (χ0v) is 15.9. The number of rotatable bonds is 6. The first kappa shape index (κ1) is 19.1. The van der Waals surface area contributed by atoms with Crippen molar-refractivity contribution in [3.05, 3.63) is 0 Å². The van der Waals surface area contributed by atoms with E-state index >= 15 is 0 Å². The minimum Gasteiger partial charge on any atom is -0.341 e. The smallest absolute Gasteiger partial charge is 0.225 e. The van der Waals surface area contributed by atoms with Gasteiger partial charge in [0.1, 0.15) is 0 Å². The van der Waals surface area contributed by atoms with Gasteiger partial charge in [-0.25, -0.2) is 13.1 Å². The Labute approximate surface area is 151 Å². The number of amides is 1. The first-order chi connectivity index (χ1) is 12.1. The maximum absolute atomic E-state index is 12.6. The zero-order valence-electron chi connectivity index (χ0n) is 15.1. The Balaban J connectivity index is 1.47. The molecule has 0 aromatic heterocycles. The predicted molar refractivity (Wildman–Crippen MR) is 97.8 cm³/mol. The monoisotopic (exact) mass is 372 g/mol. The van der Waals surface area contributed by atoms with Crippen molar-refractivity contribution in [2.24, 2.45) is 5.92 Å². The molecule has 1 unspecified atom stereocenters. The van der Waals surface area contributed by atoms with E-state index < -0.39 is 15.3 Å². The largest absolute Gasteiger partial charge is 0.341 e. The van der Waals surface area contributed by atoms with E-state index in [1.54, 1.807) is 4.90 Å². The Morgan fingerprint density at radius 2 is 1.76 bits per heavy atom. The molecule has 1 atom stereocenters. The van der Waals surface area contributed by atoms with Gasteiger partial charge in [0, 0.05) is 58.3 Å². The van der Waals surface area contributed by atoms with Gasteiger partial charge in [0.25, 0.3) is 0 Å². The Bertz CT molecular complexity index is 542. The van der Waals surface area contributed by atoms with E-state index in [0.29, 0.717) is 26.1 Å². The summed E-state index contributed by atoms with van der Waals surface area (Å²) in [6, 6.07) is 0. The number of sulfonamides is 1. The molecule has 1 aliphatic carbocycles. The lowest BCUT2D eigenvalue weighted by atomic mass is 10.0. The molecule has 0 radical (unpaired) electrons. The van der Waals surface area contributed by atoms with E-state index in [1.165, 1.54) is 0 Å². The summed E-state index contributed by atoms with van der Waals surface area (Å²) in [5, 5.41) is 2.83. The third kappa shape index (κ3) is 5.15. The molecular formula is C17H32N4O3S. The number of piperidine rings is 1. The van der Waals surface area contributed by atoms with Crippen LogP contribution in [0.5, 0.6) is 0 Å². The number of likely N-dealkylation sites (tertiary alicyclic amines) is 1. The lowest BCUT2D eigenvalue weighted by molar-refractivity contribution is -0.136. The molecule has 2 aliphatic heterocycles. The molecule has 0 aromatic carbocycles. The molecule has 1 saturated carbocycles. The summed E-state index contributed by atoms with van der Waals surface area (Å²) in [7, 11) is -3.36. The second-order valence-electron chi connectivity index (χ2n) is 7.56. The fourth-order valence-corrected chi connectivity index (χ4v) is 5.69. The minimum atomic E-state index is -3.36. The van der Waals surface area contributed by atoms with Gasteiger partial charge in [0.05, 0.1) is 5.25 Å². The molecule has 3 rings (SSSR count). The van der Waals surface area contributed by atoms with Gasteiger partial charge in [-0.3, -0.25) is 9.69 Å². The summed E-state index contributed by atoms with van der Waals surface area (Å²) in [5.41, 5.74) is 0. The SMILES string of the molecule is O=C(C1CCCC1)N1CCCC(S(=O)(=O)NCCN2CCNCC2)C1. The first-order valence-electron chi connectivity index (χ1n) is 9.76. The van der Waals surface area contributed by atoms with Crippen molar-refractivity contribution in [3.8, 4) is 0 Å². The molecule has 2 heterocycles. The highest BCUT2D eigenvalue weighted by Gasteiger charge is 2.35. The van der Waals surface area contributed by atoms with E-state index in [2.05, 4.69) is 14.9 Å². The number of hydrogen-bond donors (Lipinski definition) is 2. The van der Waals surface area contributed by atoms with Crippen molar-refractivity contribution >= 4 is 15.9 Å². The minimum absolute atomic E-state index is 0.127. The molecule has 144 valence electrons. The van der Waals surface area contributed by atoms with Crippen molar-refractivity contribution in [2.75, 3.05) is 52.4 Å². The van der Waals surface area contributed by atoms with Crippen LogP contribution in [-0.4, -0.2) is 81.7 Å². The van der Waals surface area contributed by atoms with Crippen LogP contribution in [-0.2, 0) is 14.8 Å². The number of carbonyl (C=O) groups excluding carboxylic acids is 1. The maximum atomic E-state index is 12.6. The molecule has 3 fully saturated rings. The summed E-state index contributed by atoms with van der Waals surface area (Å²) in [6.45, 7) is 6.14. The molecule has 7 nitrogen and oxygen atoms in total. The third-order valence-corrected chi connectivity index (χ3v) is 7.64. The highest BCUT2D eigenvalue weighted by molar-refractivity contribution is 7.90. The highest BCUT2D eigenvalue weighted by Crippen LogP contribution is 2.28. The van der Waals surface area contributed by atoms with Gasteiger partial charge < -0.3 is 10.2 Å². The normalized spacial score (nSPS) is 26.9. The van der Waals surface area contributed by atoms with Gasteiger partial charge in [-0.2, -0.15) is 0 Å². The van der Waals surface area contributed by atoms with Crippen LogP contribution in [0.4, 0.5) is 0 Å². The molecule has 0 bridgehead atoms. The van der Waals surface area contributed by atoms with Crippen LogP contribution in [0.2, 0.25) is 0 Å². The standard InChI is InChI=1S/C17H32N4O3S/c22-17(15-4-1-2-5-15)21-10-3-6-16(14-21)25(23,24)19-9-13-20-11-7-18-8-12-20/h15-16,18-19H,1-14H2. The van der Waals surface area contributed by atoms with E-state index in [4.69, 9.17) is 0 Å². The first-order valence-corrected chi connectivity index (χ1v) is 11.3. The number of nitrogens with one attached hydrogen (secondary N) is 2. The van der Waals surface area contributed by atoms with Gasteiger partial charge in [-0.15, -0.1) is 0 Å². The van der Waals surface area contributed by atoms with E-state index in [-0.39, 0.29) is 11.8 Å². The predicted octanol–water partition coefficient (Wildman–Crippen LogP) is -0.00780. The third-order valence-electron chi connectivity index (χ3n) is 5.77. The van der Waals surface area contributed by atoms with Crippen LogP contribution < -0.4 is 10.0 Å². The molecule has 25 heavy (non-hydrogen) atoms. The van der Waals surface area contributed by atoms with Crippen LogP contribution >= 0.6 is 0 Å².